The van der Waals surface area contributed by atoms with Crippen LogP contribution in [0.2, 0.25) is 0 Å². The summed E-state index contributed by atoms with van der Waals surface area (Å²) in [7, 11) is 0. The molecule has 0 bridgehead atoms. The van der Waals surface area contributed by atoms with E-state index in [1.54, 1.807) is 0 Å². The number of benzene rings is 1. The van der Waals surface area contributed by atoms with E-state index in [2.05, 4.69) is 112 Å². The van der Waals surface area contributed by atoms with Crippen molar-refractivity contribution in [1.29, 1.82) is 0 Å². The molecule has 6 heteroatoms. The van der Waals surface area contributed by atoms with Gasteiger partial charge in [0.15, 0.2) is 0 Å². The third-order valence-corrected chi connectivity index (χ3v) is 9.06. The summed E-state index contributed by atoms with van der Waals surface area (Å²) >= 11 is 0. The van der Waals surface area contributed by atoms with Crippen molar-refractivity contribution >= 4 is 88.3 Å². The summed E-state index contributed by atoms with van der Waals surface area (Å²) in [6, 6.07) is 27.2. The summed E-state index contributed by atoms with van der Waals surface area (Å²) in [4.78, 5) is 0. The van der Waals surface area contributed by atoms with Gasteiger partial charge in [-0.25, -0.2) is 0 Å². The average molecular weight is 458 g/mol. The molecule has 0 saturated heterocycles. The van der Waals surface area contributed by atoms with E-state index in [-0.39, 0.29) is 0 Å². The second-order valence-corrected chi connectivity index (χ2v) is 10.4. The van der Waals surface area contributed by atoms with Gasteiger partial charge in [0, 0.05) is 12.4 Å². The molecule has 12 rings (SSSR count). The number of hydrogen-bond donors (Lipinski definition) is 0. The zero-order chi connectivity index (χ0) is 22.6. The van der Waals surface area contributed by atoms with Crippen LogP contribution in [0.1, 0.15) is 0 Å². The highest BCUT2D eigenvalue weighted by Crippen LogP contribution is 2.46. The highest BCUT2D eigenvalue weighted by molar-refractivity contribution is 6.27. The maximum atomic E-state index is 2.51. The van der Waals surface area contributed by atoms with E-state index in [1.165, 1.54) is 88.3 Å². The summed E-state index contributed by atoms with van der Waals surface area (Å²) in [6.45, 7) is 0. The van der Waals surface area contributed by atoms with Crippen LogP contribution < -0.4 is 0 Å². The minimum absolute atomic E-state index is 1.23. The lowest BCUT2D eigenvalue weighted by Gasteiger charge is -2.24. The van der Waals surface area contributed by atoms with Gasteiger partial charge in [-0.15, -0.1) is 0 Å². The first-order valence-electron chi connectivity index (χ1n) is 12.4. The number of fused-ring (bicyclic) bond motifs is 10. The lowest BCUT2D eigenvalue weighted by Crippen LogP contribution is -2.11. The van der Waals surface area contributed by atoms with Crippen molar-refractivity contribution in [1.82, 2.24) is 26.4 Å². The molecule has 0 unspecified atom stereocenters. The molecule has 6 nitrogen and oxygen atoms in total. The molecule has 0 spiro atoms. The maximum Gasteiger partial charge on any atom is 0.0993 e. The van der Waals surface area contributed by atoms with E-state index in [9.17, 15) is 0 Å². The molecular formula is C30H14N6. The highest BCUT2D eigenvalue weighted by Gasteiger charge is 2.29. The van der Waals surface area contributed by atoms with E-state index >= 15 is 0 Å². The third kappa shape index (κ3) is 1.24. The van der Waals surface area contributed by atoms with Crippen LogP contribution in [0.5, 0.6) is 0 Å². The monoisotopic (exact) mass is 458 g/mol. The summed E-state index contributed by atoms with van der Waals surface area (Å²) in [5.74, 6) is 0. The quantitative estimate of drug-likeness (QED) is 0.178. The Bertz CT molecular complexity index is 2510. The Morgan fingerprint density at radius 2 is 0.556 bits per heavy atom. The Hall–Kier alpha value is -5.10. The molecule has 0 atom stereocenters. The van der Waals surface area contributed by atoms with E-state index < -0.39 is 0 Å². The topological polar surface area (TPSA) is 26.5 Å². The van der Waals surface area contributed by atoms with Gasteiger partial charge in [-0.3, -0.25) is 0 Å². The molecule has 0 saturated carbocycles. The number of nitrogens with zero attached hydrogens (tertiary/aromatic N) is 6. The Labute approximate surface area is 199 Å². The predicted octanol–water partition coefficient (Wildman–Crippen LogP) is 6.72. The molecule has 164 valence electrons. The van der Waals surface area contributed by atoms with E-state index in [4.69, 9.17) is 0 Å². The fraction of sp³-hybridized carbons (Fsp3) is 0. The van der Waals surface area contributed by atoms with Crippen LogP contribution in [0.3, 0.4) is 0 Å². The molecule has 36 heavy (non-hydrogen) atoms. The summed E-state index contributed by atoms with van der Waals surface area (Å²) < 4.78 is 14.9. The average Bonchev–Trinajstić information content (AvgIpc) is 3.72. The minimum atomic E-state index is 1.23. The van der Waals surface area contributed by atoms with Gasteiger partial charge in [0.2, 0.25) is 0 Å². The van der Waals surface area contributed by atoms with Gasteiger partial charge in [-0.1, -0.05) is 0 Å². The fourth-order valence-electron chi connectivity index (χ4n) is 7.86. The lowest BCUT2D eigenvalue weighted by molar-refractivity contribution is 1.15. The zero-order valence-electron chi connectivity index (χ0n) is 18.8. The first-order valence-corrected chi connectivity index (χ1v) is 12.4. The van der Waals surface area contributed by atoms with Crippen LogP contribution in [-0.4, -0.2) is 26.4 Å². The van der Waals surface area contributed by atoms with Gasteiger partial charge >= 0.3 is 0 Å². The van der Waals surface area contributed by atoms with Crippen molar-refractivity contribution in [3.8, 4) is 0 Å². The van der Waals surface area contributed by atoms with Crippen molar-refractivity contribution in [2.75, 3.05) is 0 Å². The largest absolute Gasteiger partial charge is 0.311 e. The molecule has 11 heterocycles. The Morgan fingerprint density at radius 1 is 0.278 bits per heavy atom. The van der Waals surface area contributed by atoms with Crippen LogP contribution in [0, 0.1) is 0 Å². The van der Waals surface area contributed by atoms with Gasteiger partial charge in [-0.05, 0) is 72.8 Å². The smallest absolute Gasteiger partial charge is 0.0993 e. The molecule has 12 aromatic rings. The molecule has 0 radical (unpaired) electrons. The van der Waals surface area contributed by atoms with Crippen LogP contribution in [-0.2, 0) is 0 Å². The van der Waals surface area contributed by atoms with E-state index in [0.717, 1.165) is 0 Å². The zero-order valence-corrected chi connectivity index (χ0v) is 18.8. The van der Waals surface area contributed by atoms with E-state index in [1.807, 2.05) is 0 Å². The molecule has 0 N–H and O–H groups in total. The Morgan fingerprint density at radius 3 is 0.889 bits per heavy atom. The molecule has 0 aliphatic carbocycles. The van der Waals surface area contributed by atoms with Crippen LogP contribution >= 0.6 is 0 Å². The molecule has 1 aromatic carbocycles. The van der Waals surface area contributed by atoms with Gasteiger partial charge in [0.25, 0.3) is 0 Å². The maximum absolute atomic E-state index is 2.51. The Kier molecular flexibility index (Phi) is 1.95. The first-order chi connectivity index (χ1) is 17.9. The van der Waals surface area contributed by atoms with Crippen LogP contribution in [0.4, 0.5) is 0 Å². The van der Waals surface area contributed by atoms with Crippen molar-refractivity contribution in [3.05, 3.63) is 85.2 Å². The summed E-state index contributed by atoms with van der Waals surface area (Å²) in [5.41, 5.74) is 20.1. The standard InChI is InChI=1S/C30H14N6/c1-3-15-17-5-7-19-21-9-11-23-24-12-10-22-20-8-6-18-16-4-2-14-32(16)26-25(31(15)13-1)27(33(17)19)29(35(21)23)30(36(22)24)28(26)34(18)20/h1-14H. The normalized spacial score (nSPS) is 14.1. The van der Waals surface area contributed by atoms with Crippen LogP contribution in [0.25, 0.3) is 88.3 Å². The van der Waals surface area contributed by atoms with Crippen molar-refractivity contribution in [3.63, 3.8) is 0 Å². The first kappa shape index (κ1) is 15.7. The minimum Gasteiger partial charge on any atom is -0.311 e. The highest BCUT2D eigenvalue weighted by atomic mass is 15.1. The SMILES string of the molecule is c1cc2c3ccc4c5ccc6c7ccc8c9ccc%10c%11cccn%11c%11c(c(c(c(c%11n%109)n87)n56)n34)n2c1. The molecular weight excluding hydrogens is 444 g/mol. The molecule has 0 amide bonds. The Balaban J connectivity index is 1.71. The second kappa shape index (κ2) is 4.45. The van der Waals surface area contributed by atoms with E-state index in [0.29, 0.717) is 0 Å². The molecule has 0 aliphatic rings. The number of aromatic nitrogens is 6. The third-order valence-electron chi connectivity index (χ3n) is 9.06. The lowest BCUT2D eigenvalue weighted by atomic mass is 10.1. The van der Waals surface area contributed by atoms with Crippen molar-refractivity contribution in [2.45, 2.75) is 0 Å². The molecule has 0 aliphatic heterocycles. The number of hydrogen-bond acceptors (Lipinski definition) is 0. The van der Waals surface area contributed by atoms with Gasteiger partial charge < -0.3 is 26.4 Å². The fourth-order valence-corrected chi connectivity index (χ4v) is 7.86. The molecule has 11 aromatic heterocycles. The predicted molar refractivity (Wildman–Crippen MR) is 144 cm³/mol. The number of rotatable bonds is 0. The van der Waals surface area contributed by atoms with Crippen molar-refractivity contribution < 1.29 is 0 Å². The summed E-state index contributed by atoms with van der Waals surface area (Å²) in [6.07, 6.45) is 4.46. The van der Waals surface area contributed by atoms with Gasteiger partial charge in [0.05, 0.1) is 88.3 Å². The van der Waals surface area contributed by atoms with Crippen molar-refractivity contribution in [2.24, 2.45) is 0 Å². The van der Waals surface area contributed by atoms with Gasteiger partial charge in [-0.2, -0.15) is 0 Å². The van der Waals surface area contributed by atoms with Crippen LogP contribution in [0.15, 0.2) is 85.2 Å². The van der Waals surface area contributed by atoms with Gasteiger partial charge in [0.1, 0.15) is 0 Å². The molecule has 0 fully saturated rings. The summed E-state index contributed by atoms with van der Waals surface area (Å²) in [5, 5.41) is 0. The second-order valence-electron chi connectivity index (χ2n) is 10.4.